The fourth-order valence-corrected chi connectivity index (χ4v) is 4.50. The maximum atomic E-state index is 12.7. The van der Waals surface area contributed by atoms with Crippen LogP contribution in [-0.2, 0) is 20.7 Å². The molecule has 2 aliphatic rings. The molecular weight excluding hydrogens is 449 g/mol. The van der Waals surface area contributed by atoms with Gasteiger partial charge in [0, 0.05) is 30.8 Å². The third kappa shape index (κ3) is 6.19. The highest BCUT2D eigenvalue weighted by Crippen LogP contribution is 2.41. The molecule has 1 N–H and O–H groups in total. The average molecular weight is 472 g/mol. The van der Waals surface area contributed by atoms with Gasteiger partial charge in [-0.05, 0) is 36.4 Å². The van der Waals surface area contributed by atoms with E-state index in [2.05, 4.69) is 4.98 Å². The van der Waals surface area contributed by atoms with Gasteiger partial charge in [-0.1, -0.05) is 6.07 Å². The number of thiophene rings is 1. The Bertz CT molecular complexity index is 895. The van der Waals surface area contributed by atoms with Crippen LogP contribution in [0.25, 0.3) is 0 Å². The van der Waals surface area contributed by atoms with E-state index < -0.39 is 12.1 Å². The van der Waals surface area contributed by atoms with E-state index in [4.69, 9.17) is 19.4 Å². The molecule has 4 rings (SSSR count). The van der Waals surface area contributed by atoms with Gasteiger partial charge in [0.05, 0.1) is 30.7 Å². The highest BCUT2D eigenvalue weighted by molar-refractivity contribution is 7.10. The Labute approximate surface area is 186 Å². The van der Waals surface area contributed by atoms with Crippen molar-refractivity contribution in [3.8, 4) is 5.75 Å². The third-order valence-electron chi connectivity index (χ3n) is 5.43. The quantitative estimate of drug-likeness (QED) is 0.718. The zero-order valence-electron chi connectivity index (χ0n) is 17.1. The zero-order valence-corrected chi connectivity index (χ0v) is 17.9. The lowest BCUT2D eigenvalue weighted by molar-refractivity contribution is -0.192. The number of halogens is 3. The van der Waals surface area contributed by atoms with Crippen molar-refractivity contribution < 1.29 is 37.3 Å². The lowest BCUT2D eigenvalue weighted by atomic mass is 9.77. The van der Waals surface area contributed by atoms with Crippen LogP contribution in [0.15, 0.2) is 42.0 Å². The molecule has 2 aromatic heterocycles. The van der Waals surface area contributed by atoms with E-state index in [0.29, 0.717) is 19.6 Å². The first kappa shape index (κ1) is 24.0. The number of pyridine rings is 1. The maximum Gasteiger partial charge on any atom is 0.490 e. The second-order valence-corrected chi connectivity index (χ2v) is 8.64. The van der Waals surface area contributed by atoms with Gasteiger partial charge in [0.2, 0.25) is 5.91 Å². The number of carboxylic acids is 1. The van der Waals surface area contributed by atoms with Gasteiger partial charge in [0.1, 0.15) is 5.75 Å². The van der Waals surface area contributed by atoms with Gasteiger partial charge in [0.15, 0.2) is 0 Å². The Morgan fingerprint density at radius 3 is 2.75 bits per heavy atom. The Kier molecular flexibility index (Phi) is 7.73. The average Bonchev–Trinajstić information content (AvgIpc) is 3.42. The predicted octanol–water partition coefficient (Wildman–Crippen LogP) is 3.41. The summed E-state index contributed by atoms with van der Waals surface area (Å²) in [4.78, 5) is 28.8. The molecule has 32 heavy (non-hydrogen) atoms. The minimum absolute atomic E-state index is 0.112. The maximum absolute atomic E-state index is 12.7. The standard InChI is InChI=1S/C19H22N2O3S.C2HF3O2/c22-18(11-16-4-2-10-25-16)21-8-5-17-19(13-21,6-9-23-17)14-24-15-3-1-7-20-12-15;3-2(4,5)1(6)7/h1-4,7,10,12,17H,5-6,8-9,11,13-14H2;(H,6,7)/t17-,19+;/m1./s1. The van der Waals surface area contributed by atoms with Crippen molar-refractivity contribution in [2.75, 3.05) is 26.3 Å². The van der Waals surface area contributed by atoms with E-state index in [9.17, 15) is 18.0 Å². The number of hydrogen-bond acceptors (Lipinski definition) is 6. The second kappa shape index (κ2) is 10.3. The molecule has 2 fully saturated rings. The first-order valence-electron chi connectivity index (χ1n) is 9.94. The van der Waals surface area contributed by atoms with Crippen molar-refractivity contribution in [1.29, 1.82) is 0 Å². The largest absolute Gasteiger partial charge is 0.491 e. The number of nitrogens with zero attached hydrogens (tertiary/aromatic N) is 2. The highest BCUT2D eigenvalue weighted by atomic mass is 32.1. The first-order chi connectivity index (χ1) is 15.2. The Morgan fingerprint density at radius 2 is 2.12 bits per heavy atom. The smallest absolute Gasteiger partial charge is 0.490 e. The van der Waals surface area contributed by atoms with Crippen LogP contribution in [0.5, 0.6) is 5.75 Å². The lowest BCUT2D eigenvalue weighted by Gasteiger charge is -2.43. The predicted molar refractivity (Wildman–Crippen MR) is 109 cm³/mol. The van der Waals surface area contributed by atoms with Crippen LogP contribution in [0.1, 0.15) is 17.7 Å². The van der Waals surface area contributed by atoms with E-state index in [0.717, 1.165) is 36.6 Å². The Hall–Kier alpha value is -2.66. The van der Waals surface area contributed by atoms with Crippen molar-refractivity contribution >= 4 is 23.2 Å². The monoisotopic (exact) mass is 472 g/mol. The molecule has 0 radical (unpaired) electrons. The Morgan fingerprint density at radius 1 is 1.34 bits per heavy atom. The van der Waals surface area contributed by atoms with Gasteiger partial charge in [-0.3, -0.25) is 9.78 Å². The number of ether oxygens (including phenoxy) is 2. The summed E-state index contributed by atoms with van der Waals surface area (Å²) in [7, 11) is 0. The molecule has 0 unspecified atom stereocenters. The summed E-state index contributed by atoms with van der Waals surface area (Å²) in [5, 5.41) is 9.14. The number of carbonyl (C=O) groups is 2. The van der Waals surface area contributed by atoms with Crippen molar-refractivity contribution in [3.05, 3.63) is 46.9 Å². The van der Waals surface area contributed by atoms with Gasteiger partial charge >= 0.3 is 12.1 Å². The molecular formula is C21H23F3N2O5S. The topological polar surface area (TPSA) is 89.0 Å². The molecule has 2 aromatic rings. The minimum atomic E-state index is -5.08. The summed E-state index contributed by atoms with van der Waals surface area (Å²) >= 11 is 1.64. The molecule has 4 heterocycles. The molecule has 2 atom stereocenters. The van der Waals surface area contributed by atoms with Crippen LogP contribution in [0, 0.1) is 5.41 Å². The molecule has 0 aromatic carbocycles. The third-order valence-corrected chi connectivity index (χ3v) is 6.31. The first-order valence-corrected chi connectivity index (χ1v) is 10.8. The van der Waals surface area contributed by atoms with Crippen molar-refractivity contribution in [3.63, 3.8) is 0 Å². The van der Waals surface area contributed by atoms with Gasteiger partial charge < -0.3 is 19.5 Å². The molecule has 11 heteroatoms. The van der Waals surface area contributed by atoms with E-state index in [-0.39, 0.29) is 17.4 Å². The zero-order chi connectivity index (χ0) is 23.2. The highest BCUT2D eigenvalue weighted by Gasteiger charge is 2.49. The van der Waals surface area contributed by atoms with E-state index in [1.807, 2.05) is 34.5 Å². The molecule has 0 saturated carbocycles. The number of fused-ring (bicyclic) bond motifs is 1. The number of alkyl halides is 3. The van der Waals surface area contributed by atoms with Gasteiger partial charge in [0.25, 0.3) is 0 Å². The van der Waals surface area contributed by atoms with E-state index in [1.165, 1.54) is 0 Å². The molecule has 0 bridgehead atoms. The van der Waals surface area contributed by atoms with Crippen LogP contribution in [0.3, 0.4) is 0 Å². The fraction of sp³-hybridized carbons (Fsp3) is 0.476. The normalized spacial score (nSPS) is 22.5. The summed E-state index contributed by atoms with van der Waals surface area (Å²) in [6, 6.07) is 7.80. The van der Waals surface area contributed by atoms with Crippen LogP contribution in [-0.4, -0.2) is 65.5 Å². The van der Waals surface area contributed by atoms with Crippen molar-refractivity contribution in [2.24, 2.45) is 5.41 Å². The minimum Gasteiger partial charge on any atom is -0.491 e. The summed E-state index contributed by atoms with van der Waals surface area (Å²) < 4.78 is 43.7. The van der Waals surface area contributed by atoms with Crippen LogP contribution in [0.2, 0.25) is 0 Å². The summed E-state index contributed by atoms with van der Waals surface area (Å²) in [5.41, 5.74) is -0.112. The number of piperidine rings is 1. The second-order valence-electron chi connectivity index (χ2n) is 7.61. The number of carboxylic acid groups (broad SMARTS) is 1. The lowest BCUT2D eigenvalue weighted by Crippen LogP contribution is -2.54. The summed E-state index contributed by atoms with van der Waals surface area (Å²) in [6.45, 7) is 2.78. The molecule has 7 nitrogen and oxygen atoms in total. The SMILES string of the molecule is O=C(Cc1cccs1)N1CC[C@H]2OCC[C@@]2(COc2cccnc2)C1.O=C(O)C(F)(F)F. The van der Waals surface area contributed by atoms with Crippen LogP contribution in [0.4, 0.5) is 13.2 Å². The molecule has 1 amide bonds. The molecule has 0 spiro atoms. The van der Waals surface area contributed by atoms with Crippen molar-refractivity contribution in [2.45, 2.75) is 31.5 Å². The number of amides is 1. The molecule has 2 aliphatic heterocycles. The Balaban J connectivity index is 0.000000360. The molecule has 2 saturated heterocycles. The summed E-state index contributed by atoms with van der Waals surface area (Å²) in [6.07, 6.45) is 0.855. The number of rotatable bonds is 5. The number of aromatic nitrogens is 1. The van der Waals surface area contributed by atoms with Crippen molar-refractivity contribution in [1.82, 2.24) is 9.88 Å². The molecule has 0 aliphatic carbocycles. The molecule has 174 valence electrons. The van der Waals surface area contributed by atoms with Gasteiger partial charge in [-0.2, -0.15) is 13.2 Å². The number of carbonyl (C=O) groups excluding carboxylic acids is 1. The van der Waals surface area contributed by atoms with Gasteiger partial charge in [-0.25, -0.2) is 4.79 Å². The van der Waals surface area contributed by atoms with Gasteiger partial charge in [-0.15, -0.1) is 11.3 Å². The fourth-order valence-electron chi connectivity index (χ4n) is 3.80. The van der Waals surface area contributed by atoms with E-state index >= 15 is 0 Å². The van der Waals surface area contributed by atoms with Crippen LogP contribution < -0.4 is 4.74 Å². The van der Waals surface area contributed by atoms with E-state index in [1.54, 1.807) is 23.7 Å². The van der Waals surface area contributed by atoms with Crippen LogP contribution >= 0.6 is 11.3 Å². The number of hydrogen-bond donors (Lipinski definition) is 1. The number of aliphatic carboxylic acids is 1. The summed E-state index contributed by atoms with van der Waals surface area (Å²) in [5.74, 6) is -1.79. The number of likely N-dealkylation sites (tertiary alicyclic amines) is 1.